The second-order valence-corrected chi connectivity index (χ2v) is 6.19. The summed E-state index contributed by atoms with van der Waals surface area (Å²) in [5, 5.41) is 27.2. The van der Waals surface area contributed by atoms with Crippen LogP contribution in [0.25, 0.3) is 0 Å². The van der Waals surface area contributed by atoms with Crippen molar-refractivity contribution in [2.24, 2.45) is 11.1 Å². The van der Waals surface area contributed by atoms with Crippen LogP contribution >= 0.6 is 12.4 Å². The van der Waals surface area contributed by atoms with Gasteiger partial charge in [0.1, 0.15) is 0 Å². The third kappa shape index (κ3) is 8.91. The Hall–Kier alpha value is -2.80. The normalized spacial score (nSPS) is 17.4. The van der Waals surface area contributed by atoms with Crippen LogP contribution in [0.2, 0.25) is 0 Å². The van der Waals surface area contributed by atoms with E-state index in [-0.39, 0.29) is 30.4 Å². The highest BCUT2D eigenvalue weighted by molar-refractivity contribution is 5.90. The molecule has 0 amide bonds. The number of nitrogens with two attached hydrogens (primary N) is 1. The minimum absolute atomic E-state index is 0. The summed E-state index contributed by atoms with van der Waals surface area (Å²) in [6.45, 7) is 2.27. The van der Waals surface area contributed by atoms with Gasteiger partial charge in [0.25, 0.3) is 0 Å². The molecule has 0 bridgehead atoms. The predicted octanol–water partition coefficient (Wildman–Crippen LogP) is 2.57. The molecule has 0 saturated carbocycles. The molecule has 0 radical (unpaired) electrons. The molecule has 0 spiro atoms. The quantitative estimate of drug-likeness (QED) is 0.285. The summed E-state index contributed by atoms with van der Waals surface area (Å²) in [6.07, 6.45) is 6.47. The zero-order chi connectivity index (χ0) is 19.6. The van der Waals surface area contributed by atoms with Crippen molar-refractivity contribution >= 4 is 30.3 Å². The van der Waals surface area contributed by atoms with Gasteiger partial charge in [-0.05, 0) is 31.7 Å². The van der Waals surface area contributed by atoms with Crippen molar-refractivity contribution in [3.8, 4) is 0 Å². The maximum atomic E-state index is 10.8. The van der Waals surface area contributed by atoms with Crippen molar-refractivity contribution in [1.82, 2.24) is 5.32 Å². The highest BCUT2D eigenvalue weighted by Crippen LogP contribution is 2.31. The summed E-state index contributed by atoms with van der Waals surface area (Å²) < 4.78 is 0. The third-order valence-corrected chi connectivity index (χ3v) is 3.88. The lowest BCUT2D eigenvalue weighted by atomic mass is 9.80. The Kier molecular flexibility index (Phi) is 10.5. The second-order valence-electron chi connectivity index (χ2n) is 6.19. The number of nitrogens with one attached hydrogen (secondary N) is 2. The van der Waals surface area contributed by atoms with Crippen LogP contribution in [-0.2, 0) is 16.0 Å². The Bertz CT molecular complexity index is 704. The summed E-state index contributed by atoms with van der Waals surface area (Å²) in [6, 6.07) is 10.3. The van der Waals surface area contributed by atoms with Crippen LogP contribution in [0.4, 0.5) is 0 Å². The van der Waals surface area contributed by atoms with Gasteiger partial charge in [0.2, 0.25) is 0 Å². The van der Waals surface area contributed by atoms with Gasteiger partial charge in [-0.15, -0.1) is 12.4 Å². The van der Waals surface area contributed by atoms with Crippen LogP contribution in [0.1, 0.15) is 25.3 Å². The van der Waals surface area contributed by atoms with E-state index in [9.17, 15) is 9.59 Å². The number of aryl methyl sites for hydroxylation is 1. The fourth-order valence-corrected chi connectivity index (χ4v) is 2.34. The molecule has 7 nitrogen and oxygen atoms in total. The summed E-state index contributed by atoms with van der Waals surface area (Å²) in [4.78, 5) is 21.3. The zero-order valence-corrected chi connectivity index (χ0v) is 16.0. The number of carbonyl (C=O) groups is 2. The van der Waals surface area contributed by atoms with Gasteiger partial charge in [-0.1, -0.05) is 48.6 Å². The number of guanidine groups is 1. The Morgan fingerprint density at radius 3 is 2.41 bits per heavy atom. The standard InChI is InChI=1S/C10H15N3.C9H10O4.ClH/c11-10(12)13-8-4-7-9-5-2-1-3-6-9;1-9(8(12)13)4-2-3-6(5-9)7(10)11;/h1-3,5-6H,4,7-8H2,(H4,11,12,13);2-4H,5H2,1H3,(H,10,11)(H,12,13);1H. The molecule has 0 saturated heterocycles. The molecule has 0 aromatic heterocycles. The molecule has 0 fully saturated rings. The Balaban J connectivity index is 0.000000483. The molecule has 27 heavy (non-hydrogen) atoms. The van der Waals surface area contributed by atoms with E-state index in [2.05, 4.69) is 17.4 Å². The first-order valence-corrected chi connectivity index (χ1v) is 8.21. The summed E-state index contributed by atoms with van der Waals surface area (Å²) in [7, 11) is 0. The van der Waals surface area contributed by atoms with E-state index in [1.807, 2.05) is 18.2 Å². The van der Waals surface area contributed by atoms with E-state index in [1.54, 1.807) is 0 Å². The van der Waals surface area contributed by atoms with Gasteiger partial charge in [0, 0.05) is 12.1 Å². The lowest BCUT2D eigenvalue weighted by Gasteiger charge is -2.23. The molecular formula is C19H26ClN3O4. The molecule has 1 unspecified atom stereocenters. The highest BCUT2D eigenvalue weighted by Gasteiger charge is 2.34. The largest absolute Gasteiger partial charge is 0.481 e. The number of carboxylic acids is 2. The topological polar surface area (TPSA) is 136 Å². The molecule has 1 atom stereocenters. The maximum Gasteiger partial charge on any atom is 0.331 e. The first-order chi connectivity index (χ1) is 12.2. The first-order valence-electron chi connectivity index (χ1n) is 8.21. The van der Waals surface area contributed by atoms with Crippen LogP contribution < -0.4 is 11.1 Å². The fraction of sp³-hybridized carbons (Fsp3) is 0.316. The molecule has 148 valence electrons. The number of aliphatic carboxylic acids is 2. The van der Waals surface area contributed by atoms with Crippen molar-refractivity contribution in [1.29, 1.82) is 5.41 Å². The molecule has 1 aliphatic rings. The van der Waals surface area contributed by atoms with Crippen molar-refractivity contribution < 1.29 is 19.8 Å². The van der Waals surface area contributed by atoms with E-state index in [0.29, 0.717) is 0 Å². The molecule has 6 N–H and O–H groups in total. The van der Waals surface area contributed by atoms with Gasteiger partial charge < -0.3 is 21.3 Å². The first kappa shape index (κ1) is 24.2. The molecule has 8 heteroatoms. The molecule has 1 aliphatic carbocycles. The molecule has 1 aromatic rings. The van der Waals surface area contributed by atoms with Gasteiger partial charge in [0.15, 0.2) is 5.96 Å². The number of benzene rings is 1. The fourth-order valence-electron chi connectivity index (χ4n) is 2.34. The molecule has 0 heterocycles. The average Bonchev–Trinajstić information content (AvgIpc) is 2.60. The molecule has 2 rings (SSSR count). The van der Waals surface area contributed by atoms with Crippen LogP contribution in [0.15, 0.2) is 54.1 Å². The summed E-state index contributed by atoms with van der Waals surface area (Å²) in [5.74, 6) is -2.01. The molecule has 1 aromatic carbocycles. The SMILES string of the molecule is CC1(C(=O)O)C=CC=C(C(=O)O)C1.Cl.N=C(N)NCCCc1ccccc1. The third-order valence-electron chi connectivity index (χ3n) is 3.88. The number of hydrogen-bond donors (Lipinski definition) is 5. The monoisotopic (exact) mass is 395 g/mol. The average molecular weight is 396 g/mol. The van der Waals surface area contributed by atoms with Gasteiger partial charge in [0.05, 0.1) is 5.41 Å². The Labute approximate surface area is 164 Å². The van der Waals surface area contributed by atoms with Crippen LogP contribution in [0, 0.1) is 10.8 Å². The highest BCUT2D eigenvalue weighted by atomic mass is 35.5. The lowest BCUT2D eigenvalue weighted by Crippen LogP contribution is -2.31. The number of rotatable bonds is 6. The van der Waals surface area contributed by atoms with Gasteiger partial charge >= 0.3 is 11.9 Å². The maximum absolute atomic E-state index is 10.8. The molecule has 0 aliphatic heterocycles. The Morgan fingerprint density at radius 2 is 1.89 bits per heavy atom. The van der Waals surface area contributed by atoms with Crippen LogP contribution in [0.3, 0.4) is 0 Å². The minimum Gasteiger partial charge on any atom is -0.481 e. The summed E-state index contributed by atoms with van der Waals surface area (Å²) in [5.41, 5.74) is 5.52. The number of hydrogen-bond acceptors (Lipinski definition) is 3. The Morgan fingerprint density at radius 1 is 1.26 bits per heavy atom. The lowest BCUT2D eigenvalue weighted by molar-refractivity contribution is -0.145. The number of carboxylic acid groups (broad SMARTS) is 2. The minimum atomic E-state index is -1.08. The van der Waals surface area contributed by atoms with Crippen molar-refractivity contribution in [3.05, 3.63) is 59.7 Å². The number of allylic oxidation sites excluding steroid dienone is 2. The van der Waals surface area contributed by atoms with Crippen LogP contribution in [-0.4, -0.2) is 34.7 Å². The van der Waals surface area contributed by atoms with E-state index in [0.717, 1.165) is 19.4 Å². The summed E-state index contributed by atoms with van der Waals surface area (Å²) >= 11 is 0. The van der Waals surface area contributed by atoms with E-state index in [1.165, 1.54) is 30.7 Å². The number of halogens is 1. The van der Waals surface area contributed by atoms with Gasteiger partial charge in [-0.2, -0.15) is 0 Å². The molecular weight excluding hydrogens is 370 g/mol. The predicted molar refractivity (Wildman–Crippen MR) is 107 cm³/mol. The second kappa shape index (κ2) is 11.7. The van der Waals surface area contributed by atoms with Crippen molar-refractivity contribution in [3.63, 3.8) is 0 Å². The van der Waals surface area contributed by atoms with Crippen molar-refractivity contribution in [2.45, 2.75) is 26.2 Å². The van der Waals surface area contributed by atoms with Crippen molar-refractivity contribution in [2.75, 3.05) is 6.54 Å². The van der Waals surface area contributed by atoms with Gasteiger partial charge in [-0.3, -0.25) is 10.2 Å². The van der Waals surface area contributed by atoms with E-state index < -0.39 is 17.4 Å². The van der Waals surface area contributed by atoms with Gasteiger partial charge in [-0.25, -0.2) is 4.79 Å². The van der Waals surface area contributed by atoms with E-state index in [4.69, 9.17) is 21.4 Å². The van der Waals surface area contributed by atoms with E-state index >= 15 is 0 Å². The van der Waals surface area contributed by atoms with Crippen LogP contribution in [0.5, 0.6) is 0 Å². The smallest absolute Gasteiger partial charge is 0.331 e. The zero-order valence-electron chi connectivity index (χ0n) is 15.1.